The van der Waals surface area contributed by atoms with Crippen molar-refractivity contribution in [3.05, 3.63) is 11.6 Å². The third kappa shape index (κ3) is 2.07. The summed E-state index contributed by atoms with van der Waals surface area (Å²) in [6.45, 7) is 8.67. The highest BCUT2D eigenvalue weighted by Crippen LogP contribution is 2.55. The molecule has 2 aliphatic carbocycles. The van der Waals surface area contributed by atoms with Crippen LogP contribution in [0.4, 0.5) is 0 Å². The minimum Gasteiger partial charge on any atom is -0.390 e. The van der Waals surface area contributed by atoms with Crippen LogP contribution in [0.5, 0.6) is 0 Å². The van der Waals surface area contributed by atoms with E-state index in [0.717, 1.165) is 0 Å². The van der Waals surface area contributed by atoms with Crippen LogP contribution in [-0.4, -0.2) is 10.7 Å². The molecule has 1 fully saturated rings. The van der Waals surface area contributed by atoms with Crippen molar-refractivity contribution in [2.75, 3.05) is 0 Å². The lowest BCUT2D eigenvalue weighted by atomic mass is 9.70. The van der Waals surface area contributed by atoms with E-state index in [2.05, 4.69) is 19.9 Å². The Kier molecular flexibility index (Phi) is 2.94. The smallest absolute Gasteiger partial charge is 0.0622 e. The van der Waals surface area contributed by atoms with Crippen LogP contribution >= 0.6 is 0 Å². The standard InChI is InChI=1S/C15H26O/c1-11-5-6-13-12(14(2,3)16)8-10-15(13,4)9-7-11/h7,12-13,16H,5-6,8-10H2,1-4H3. The topological polar surface area (TPSA) is 20.2 Å². The molecule has 0 radical (unpaired) electrons. The van der Waals surface area contributed by atoms with Crippen molar-refractivity contribution in [3.63, 3.8) is 0 Å². The minimum absolute atomic E-state index is 0.447. The van der Waals surface area contributed by atoms with Crippen molar-refractivity contribution < 1.29 is 5.11 Å². The molecular formula is C15H26O. The van der Waals surface area contributed by atoms with Crippen molar-refractivity contribution in [1.82, 2.24) is 0 Å². The molecule has 0 bridgehead atoms. The number of aliphatic hydroxyl groups is 1. The van der Waals surface area contributed by atoms with Gasteiger partial charge >= 0.3 is 0 Å². The van der Waals surface area contributed by atoms with Crippen molar-refractivity contribution in [2.24, 2.45) is 17.3 Å². The van der Waals surface area contributed by atoms with Crippen LogP contribution in [0.3, 0.4) is 0 Å². The summed E-state index contributed by atoms with van der Waals surface area (Å²) < 4.78 is 0. The molecule has 0 aliphatic heterocycles. The Balaban J connectivity index is 2.22. The second kappa shape index (κ2) is 3.87. The normalized spacial score (nSPS) is 40.2. The lowest BCUT2D eigenvalue weighted by Crippen LogP contribution is -2.37. The molecule has 0 amide bonds. The zero-order valence-corrected chi connectivity index (χ0v) is 11.2. The highest BCUT2D eigenvalue weighted by atomic mass is 16.3. The first-order valence-electron chi connectivity index (χ1n) is 6.71. The highest BCUT2D eigenvalue weighted by Gasteiger charge is 2.49. The molecule has 0 saturated heterocycles. The van der Waals surface area contributed by atoms with Gasteiger partial charge in [-0.25, -0.2) is 0 Å². The average molecular weight is 222 g/mol. The molecule has 0 aromatic rings. The van der Waals surface area contributed by atoms with Crippen molar-refractivity contribution >= 4 is 0 Å². The lowest BCUT2D eigenvalue weighted by molar-refractivity contribution is -0.0155. The summed E-state index contributed by atoms with van der Waals surface area (Å²) in [6, 6.07) is 0. The van der Waals surface area contributed by atoms with Crippen LogP contribution in [0.2, 0.25) is 0 Å². The van der Waals surface area contributed by atoms with E-state index in [1.807, 2.05) is 13.8 Å². The Morgan fingerprint density at radius 1 is 1.38 bits per heavy atom. The summed E-state index contributed by atoms with van der Waals surface area (Å²) in [5, 5.41) is 10.3. The van der Waals surface area contributed by atoms with E-state index in [4.69, 9.17) is 0 Å². The molecule has 2 aliphatic rings. The Bertz CT molecular complexity index is 297. The molecule has 0 heterocycles. The monoisotopic (exact) mass is 222 g/mol. The van der Waals surface area contributed by atoms with Crippen LogP contribution in [0, 0.1) is 17.3 Å². The summed E-state index contributed by atoms with van der Waals surface area (Å²) in [4.78, 5) is 0. The molecule has 2 rings (SSSR count). The van der Waals surface area contributed by atoms with Crippen LogP contribution < -0.4 is 0 Å². The zero-order valence-electron chi connectivity index (χ0n) is 11.2. The third-order valence-corrected chi connectivity index (χ3v) is 5.08. The molecule has 0 aromatic carbocycles. The summed E-state index contributed by atoms with van der Waals surface area (Å²) in [6.07, 6.45) is 8.65. The van der Waals surface area contributed by atoms with Crippen LogP contribution in [0.1, 0.15) is 59.8 Å². The van der Waals surface area contributed by atoms with Gasteiger partial charge in [-0.2, -0.15) is 0 Å². The molecule has 16 heavy (non-hydrogen) atoms. The van der Waals surface area contributed by atoms with E-state index in [0.29, 0.717) is 17.3 Å². The SMILES string of the molecule is CC1=CCC2(C)CCC(C(C)(C)O)C2CC1. The second-order valence-electron chi connectivity index (χ2n) is 6.85. The minimum atomic E-state index is -0.499. The summed E-state index contributed by atoms with van der Waals surface area (Å²) >= 11 is 0. The van der Waals surface area contributed by atoms with Crippen LogP contribution in [-0.2, 0) is 0 Å². The van der Waals surface area contributed by atoms with Gasteiger partial charge in [-0.3, -0.25) is 0 Å². The van der Waals surface area contributed by atoms with Gasteiger partial charge in [0, 0.05) is 0 Å². The molecule has 1 saturated carbocycles. The number of fused-ring (bicyclic) bond motifs is 1. The maximum absolute atomic E-state index is 10.3. The fraction of sp³-hybridized carbons (Fsp3) is 0.867. The van der Waals surface area contributed by atoms with Gasteiger partial charge in [-0.05, 0) is 70.1 Å². The molecule has 1 N–H and O–H groups in total. The fourth-order valence-electron chi connectivity index (χ4n) is 3.90. The van der Waals surface area contributed by atoms with E-state index in [1.165, 1.54) is 32.1 Å². The number of hydrogen-bond acceptors (Lipinski definition) is 1. The summed E-state index contributed by atoms with van der Waals surface area (Å²) in [7, 11) is 0. The lowest BCUT2D eigenvalue weighted by Gasteiger charge is -2.37. The first kappa shape index (κ1) is 12.2. The van der Waals surface area contributed by atoms with E-state index in [9.17, 15) is 5.11 Å². The van der Waals surface area contributed by atoms with E-state index >= 15 is 0 Å². The average Bonchev–Trinajstić information content (AvgIpc) is 2.43. The van der Waals surface area contributed by atoms with Gasteiger partial charge in [0.15, 0.2) is 0 Å². The number of hydrogen-bond donors (Lipinski definition) is 1. The van der Waals surface area contributed by atoms with Crippen molar-refractivity contribution in [3.8, 4) is 0 Å². The molecule has 92 valence electrons. The maximum Gasteiger partial charge on any atom is 0.0622 e. The molecule has 3 unspecified atom stereocenters. The highest BCUT2D eigenvalue weighted by molar-refractivity contribution is 5.10. The zero-order chi connectivity index (χ0) is 12.0. The largest absolute Gasteiger partial charge is 0.390 e. The summed E-state index contributed by atoms with van der Waals surface area (Å²) in [5.74, 6) is 1.21. The molecule has 0 aromatic heterocycles. The van der Waals surface area contributed by atoms with Crippen LogP contribution in [0.25, 0.3) is 0 Å². The Morgan fingerprint density at radius 2 is 2.06 bits per heavy atom. The quantitative estimate of drug-likeness (QED) is 0.667. The van der Waals surface area contributed by atoms with Gasteiger partial charge in [0.05, 0.1) is 5.60 Å². The van der Waals surface area contributed by atoms with E-state index in [1.54, 1.807) is 5.57 Å². The maximum atomic E-state index is 10.3. The van der Waals surface area contributed by atoms with Gasteiger partial charge in [0.2, 0.25) is 0 Å². The van der Waals surface area contributed by atoms with Gasteiger partial charge in [0.1, 0.15) is 0 Å². The number of rotatable bonds is 1. The Morgan fingerprint density at radius 3 is 2.69 bits per heavy atom. The molecule has 1 heteroatoms. The Labute approximate surface area is 99.9 Å². The van der Waals surface area contributed by atoms with Gasteiger partial charge in [0.25, 0.3) is 0 Å². The first-order valence-corrected chi connectivity index (χ1v) is 6.71. The van der Waals surface area contributed by atoms with Crippen LogP contribution in [0.15, 0.2) is 11.6 Å². The van der Waals surface area contributed by atoms with Gasteiger partial charge in [-0.1, -0.05) is 18.6 Å². The molecule has 1 nitrogen and oxygen atoms in total. The third-order valence-electron chi connectivity index (χ3n) is 5.08. The predicted octanol–water partition coefficient (Wildman–Crippen LogP) is 3.92. The fourth-order valence-corrected chi connectivity index (χ4v) is 3.90. The van der Waals surface area contributed by atoms with E-state index in [-0.39, 0.29) is 0 Å². The van der Waals surface area contributed by atoms with Crippen molar-refractivity contribution in [2.45, 2.75) is 65.4 Å². The van der Waals surface area contributed by atoms with Gasteiger partial charge < -0.3 is 5.11 Å². The number of allylic oxidation sites excluding steroid dienone is 2. The van der Waals surface area contributed by atoms with E-state index < -0.39 is 5.60 Å². The molecule has 0 spiro atoms. The van der Waals surface area contributed by atoms with Crippen molar-refractivity contribution in [1.29, 1.82) is 0 Å². The summed E-state index contributed by atoms with van der Waals surface area (Å²) in [5.41, 5.74) is 1.49. The molecule has 3 atom stereocenters. The second-order valence-corrected chi connectivity index (χ2v) is 6.85. The Hall–Kier alpha value is -0.300. The predicted molar refractivity (Wildman–Crippen MR) is 68.2 cm³/mol. The first-order chi connectivity index (χ1) is 7.33. The molecular weight excluding hydrogens is 196 g/mol. The van der Waals surface area contributed by atoms with Gasteiger partial charge in [-0.15, -0.1) is 0 Å².